The first-order valence-electron chi connectivity index (χ1n) is 4.63. The lowest BCUT2D eigenvalue weighted by molar-refractivity contribution is 0.0601. The summed E-state index contributed by atoms with van der Waals surface area (Å²) in [5.41, 5.74) is 1.39. The number of benzene rings is 1. The van der Waals surface area contributed by atoms with Crippen LogP contribution in [0, 0.1) is 0 Å². The molecule has 15 heavy (non-hydrogen) atoms. The fourth-order valence-corrected chi connectivity index (χ4v) is 1.48. The maximum atomic E-state index is 11.5. The van der Waals surface area contributed by atoms with Crippen LogP contribution in [0.3, 0.4) is 0 Å². The van der Waals surface area contributed by atoms with E-state index in [0.29, 0.717) is 5.56 Å². The van der Waals surface area contributed by atoms with Crippen LogP contribution in [-0.2, 0) is 4.74 Å². The van der Waals surface area contributed by atoms with Crippen LogP contribution < -0.4 is 0 Å². The predicted molar refractivity (Wildman–Crippen MR) is 57.1 cm³/mol. The SMILES string of the molecule is COC(=O)c1ccccc1-n1cccc1. The highest BCUT2D eigenvalue weighted by Crippen LogP contribution is 2.15. The summed E-state index contributed by atoms with van der Waals surface area (Å²) in [6.07, 6.45) is 3.78. The van der Waals surface area contributed by atoms with E-state index in [9.17, 15) is 4.79 Å². The second kappa shape index (κ2) is 4.00. The lowest BCUT2D eigenvalue weighted by atomic mass is 10.2. The predicted octanol–water partition coefficient (Wildman–Crippen LogP) is 2.26. The largest absolute Gasteiger partial charge is 0.465 e. The molecule has 0 saturated heterocycles. The van der Waals surface area contributed by atoms with Gasteiger partial charge in [-0.2, -0.15) is 0 Å². The number of nitrogens with zero attached hydrogens (tertiary/aromatic N) is 1. The lowest BCUT2D eigenvalue weighted by Gasteiger charge is -2.08. The number of aromatic nitrogens is 1. The molecule has 0 N–H and O–H groups in total. The molecule has 0 aliphatic heterocycles. The van der Waals surface area contributed by atoms with Gasteiger partial charge in [0.1, 0.15) is 0 Å². The standard InChI is InChI=1S/C12H11NO2/c1-15-12(14)10-6-2-3-7-11(10)13-8-4-5-9-13/h2-9H,1H3. The molecule has 1 aromatic heterocycles. The van der Waals surface area contributed by atoms with Crippen LogP contribution in [0.2, 0.25) is 0 Å². The maximum Gasteiger partial charge on any atom is 0.339 e. The normalized spacial score (nSPS) is 9.93. The van der Waals surface area contributed by atoms with Crippen molar-refractivity contribution in [3.63, 3.8) is 0 Å². The van der Waals surface area contributed by atoms with Gasteiger partial charge in [-0.15, -0.1) is 0 Å². The minimum atomic E-state index is -0.320. The van der Waals surface area contributed by atoms with Crippen molar-refractivity contribution in [1.29, 1.82) is 0 Å². The maximum absolute atomic E-state index is 11.5. The van der Waals surface area contributed by atoms with Gasteiger partial charge in [-0.25, -0.2) is 4.79 Å². The molecule has 2 aromatic rings. The average Bonchev–Trinajstić information content (AvgIpc) is 2.81. The van der Waals surface area contributed by atoms with Gasteiger partial charge in [0.05, 0.1) is 18.4 Å². The van der Waals surface area contributed by atoms with Gasteiger partial charge < -0.3 is 9.30 Å². The molecular formula is C12H11NO2. The Labute approximate surface area is 87.9 Å². The van der Waals surface area contributed by atoms with Crippen LogP contribution in [-0.4, -0.2) is 17.6 Å². The Morgan fingerprint density at radius 1 is 1.13 bits per heavy atom. The van der Waals surface area contributed by atoms with Crippen molar-refractivity contribution in [1.82, 2.24) is 4.57 Å². The van der Waals surface area contributed by atoms with Crippen LogP contribution in [0.4, 0.5) is 0 Å². The van der Waals surface area contributed by atoms with E-state index < -0.39 is 0 Å². The third-order valence-corrected chi connectivity index (χ3v) is 2.19. The number of carbonyl (C=O) groups is 1. The monoisotopic (exact) mass is 201 g/mol. The second-order valence-corrected chi connectivity index (χ2v) is 3.10. The number of rotatable bonds is 2. The zero-order valence-electron chi connectivity index (χ0n) is 8.38. The summed E-state index contributed by atoms with van der Waals surface area (Å²) in [7, 11) is 1.38. The highest BCUT2D eigenvalue weighted by Gasteiger charge is 2.11. The first kappa shape index (κ1) is 9.52. The summed E-state index contributed by atoms with van der Waals surface area (Å²) in [4.78, 5) is 11.5. The quantitative estimate of drug-likeness (QED) is 0.698. The topological polar surface area (TPSA) is 31.2 Å². The number of para-hydroxylation sites is 1. The average molecular weight is 201 g/mol. The van der Waals surface area contributed by atoms with E-state index >= 15 is 0 Å². The van der Waals surface area contributed by atoms with Gasteiger partial charge in [-0.05, 0) is 24.3 Å². The number of methoxy groups -OCH3 is 1. The molecule has 0 aliphatic rings. The van der Waals surface area contributed by atoms with Crippen LogP contribution in [0.1, 0.15) is 10.4 Å². The van der Waals surface area contributed by atoms with Gasteiger partial charge in [0.25, 0.3) is 0 Å². The van der Waals surface area contributed by atoms with Gasteiger partial charge in [-0.3, -0.25) is 0 Å². The summed E-state index contributed by atoms with van der Waals surface area (Å²) >= 11 is 0. The van der Waals surface area contributed by atoms with Crippen molar-refractivity contribution < 1.29 is 9.53 Å². The highest BCUT2D eigenvalue weighted by molar-refractivity contribution is 5.93. The Balaban J connectivity index is 2.52. The summed E-state index contributed by atoms with van der Waals surface area (Å²) in [5, 5.41) is 0. The van der Waals surface area contributed by atoms with Gasteiger partial charge >= 0.3 is 5.97 Å². The van der Waals surface area contributed by atoms with Crippen molar-refractivity contribution in [2.24, 2.45) is 0 Å². The van der Waals surface area contributed by atoms with Crippen molar-refractivity contribution >= 4 is 5.97 Å². The molecule has 0 radical (unpaired) electrons. The first-order chi connectivity index (χ1) is 7.33. The molecule has 0 amide bonds. The number of hydrogen-bond acceptors (Lipinski definition) is 2. The first-order valence-corrected chi connectivity index (χ1v) is 4.63. The molecule has 2 rings (SSSR count). The van der Waals surface area contributed by atoms with Gasteiger partial charge in [0, 0.05) is 12.4 Å². The highest BCUT2D eigenvalue weighted by atomic mass is 16.5. The van der Waals surface area contributed by atoms with E-state index in [0.717, 1.165) is 5.69 Å². The molecule has 0 unspecified atom stereocenters. The summed E-state index contributed by atoms with van der Waals surface area (Å²) in [5.74, 6) is -0.320. The fraction of sp³-hybridized carbons (Fsp3) is 0.0833. The molecule has 3 heteroatoms. The molecule has 1 aromatic carbocycles. The van der Waals surface area contributed by atoms with Crippen LogP contribution >= 0.6 is 0 Å². The third kappa shape index (κ3) is 1.76. The van der Waals surface area contributed by atoms with Crippen LogP contribution in [0.15, 0.2) is 48.8 Å². The number of hydrogen-bond donors (Lipinski definition) is 0. The Bertz CT molecular complexity index is 460. The van der Waals surface area contributed by atoms with Crippen molar-refractivity contribution in [2.75, 3.05) is 7.11 Å². The van der Waals surface area contributed by atoms with Crippen molar-refractivity contribution in [2.45, 2.75) is 0 Å². The van der Waals surface area contributed by atoms with Gasteiger partial charge in [0.2, 0.25) is 0 Å². The Morgan fingerprint density at radius 3 is 2.47 bits per heavy atom. The summed E-state index contributed by atoms with van der Waals surface area (Å²) in [6, 6.07) is 11.2. The third-order valence-electron chi connectivity index (χ3n) is 2.19. The molecule has 0 fully saturated rings. The van der Waals surface area contributed by atoms with Crippen molar-refractivity contribution in [3.05, 3.63) is 54.4 Å². The Morgan fingerprint density at radius 2 is 1.80 bits per heavy atom. The number of carbonyl (C=O) groups excluding carboxylic acids is 1. The van der Waals surface area contributed by atoms with E-state index in [1.165, 1.54) is 7.11 Å². The molecule has 0 saturated carbocycles. The fourth-order valence-electron chi connectivity index (χ4n) is 1.48. The molecule has 0 aliphatic carbocycles. The van der Waals surface area contributed by atoms with Crippen LogP contribution in [0.25, 0.3) is 5.69 Å². The van der Waals surface area contributed by atoms with E-state index in [1.54, 1.807) is 6.07 Å². The zero-order valence-corrected chi connectivity index (χ0v) is 8.38. The molecule has 0 atom stereocenters. The molecule has 3 nitrogen and oxygen atoms in total. The molecule has 1 heterocycles. The molecule has 0 bridgehead atoms. The zero-order chi connectivity index (χ0) is 10.7. The van der Waals surface area contributed by atoms with E-state index in [4.69, 9.17) is 4.74 Å². The van der Waals surface area contributed by atoms with Crippen molar-refractivity contribution in [3.8, 4) is 5.69 Å². The minimum absolute atomic E-state index is 0.320. The molecule has 0 spiro atoms. The second-order valence-electron chi connectivity index (χ2n) is 3.10. The minimum Gasteiger partial charge on any atom is -0.465 e. The van der Waals surface area contributed by atoms with Crippen LogP contribution in [0.5, 0.6) is 0 Å². The Hall–Kier alpha value is -2.03. The van der Waals surface area contributed by atoms with E-state index in [1.807, 2.05) is 47.3 Å². The number of esters is 1. The molecular weight excluding hydrogens is 190 g/mol. The van der Waals surface area contributed by atoms with E-state index in [2.05, 4.69) is 0 Å². The lowest BCUT2D eigenvalue weighted by Crippen LogP contribution is -2.06. The van der Waals surface area contributed by atoms with Gasteiger partial charge in [-0.1, -0.05) is 12.1 Å². The Kier molecular flexibility index (Phi) is 2.54. The van der Waals surface area contributed by atoms with Gasteiger partial charge in [0.15, 0.2) is 0 Å². The smallest absolute Gasteiger partial charge is 0.339 e. The number of ether oxygens (including phenoxy) is 1. The summed E-state index contributed by atoms with van der Waals surface area (Å²) < 4.78 is 6.60. The van der Waals surface area contributed by atoms with E-state index in [-0.39, 0.29) is 5.97 Å². The molecule has 76 valence electrons. The summed E-state index contributed by atoms with van der Waals surface area (Å²) in [6.45, 7) is 0.